The molecule has 5 heteroatoms. The molecule has 0 amide bonds. The Kier molecular flexibility index (Phi) is 49.0. The van der Waals surface area contributed by atoms with Gasteiger partial charge in [0.25, 0.3) is 0 Å². The highest BCUT2D eigenvalue weighted by Crippen LogP contribution is 2.15. The lowest BCUT2D eigenvalue weighted by molar-refractivity contribution is -0.161. The van der Waals surface area contributed by atoms with Crippen LogP contribution in [-0.4, -0.2) is 36.4 Å². The van der Waals surface area contributed by atoms with Gasteiger partial charge in [0.15, 0.2) is 6.10 Å². The van der Waals surface area contributed by atoms with Crippen LogP contribution in [0.1, 0.15) is 219 Å². The van der Waals surface area contributed by atoms with E-state index in [4.69, 9.17) is 9.47 Å². The number of rotatable bonds is 45. The van der Waals surface area contributed by atoms with Gasteiger partial charge in [0.2, 0.25) is 0 Å². The van der Waals surface area contributed by atoms with E-state index in [-0.39, 0.29) is 25.2 Å². The van der Waals surface area contributed by atoms with Crippen molar-refractivity contribution in [1.82, 2.24) is 0 Å². The summed E-state index contributed by atoms with van der Waals surface area (Å²) < 4.78 is 10.7. The van der Waals surface area contributed by atoms with Gasteiger partial charge in [-0.05, 0) is 96.3 Å². The Bertz CT molecular complexity index is 1250. The van der Waals surface area contributed by atoms with E-state index >= 15 is 0 Å². The molecule has 0 aromatic rings. The second-order valence-corrected chi connectivity index (χ2v) is 16.5. The molecular formula is C57H94O5. The molecule has 0 saturated carbocycles. The maximum atomic E-state index is 12.2. The van der Waals surface area contributed by atoms with Gasteiger partial charge in [-0.3, -0.25) is 9.59 Å². The zero-order valence-electron chi connectivity index (χ0n) is 40.1. The van der Waals surface area contributed by atoms with Gasteiger partial charge in [0.1, 0.15) is 6.61 Å². The van der Waals surface area contributed by atoms with Crippen LogP contribution in [0.15, 0.2) is 109 Å². The number of hydrogen-bond acceptors (Lipinski definition) is 5. The van der Waals surface area contributed by atoms with Crippen molar-refractivity contribution in [2.75, 3.05) is 13.2 Å². The van der Waals surface area contributed by atoms with Crippen LogP contribution < -0.4 is 0 Å². The van der Waals surface area contributed by atoms with E-state index in [0.29, 0.717) is 12.8 Å². The largest absolute Gasteiger partial charge is 0.462 e. The summed E-state index contributed by atoms with van der Waals surface area (Å²) in [4.78, 5) is 24.4. The van der Waals surface area contributed by atoms with Crippen molar-refractivity contribution >= 4 is 11.9 Å². The van der Waals surface area contributed by atoms with Crippen molar-refractivity contribution in [3.05, 3.63) is 109 Å². The second-order valence-electron chi connectivity index (χ2n) is 16.5. The molecule has 0 aromatic carbocycles. The summed E-state index contributed by atoms with van der Waals surface area (Å²) in [6.45, 7) is 3.89. The van der Waals surface area contributed by atoms with Gasteiger partial charge in [0, 0.05) is 12.8 Å². The number of allylic oxidation sites excluding steroid dienone is 18. The minimum Gasteiger partial charge on any atom is -0.462 e. The smallest absolute Gasteiger partial charge is 0.306 e. The minimum atomic E-state index is -0.796. The van der Waals surface area contributed by atoms with Crippen LogP contribution >= 0.6 is 0 Å². The van der Waals surface area contributed by atoms with E-state index in [1.54, 1.807) is 0 Å². The molecule has 0 bridgehead atoms. The highest BCUT2D eigenvalue weighted by Gasteiger charge is 2.16. The summed E-state index contributed by atoms with van der Waals surface area (Å²) >= 11 is 0. The lowest BCUT2D eigenvalue weighted by atomic mass is 10.0. The number of aliphatic hydroxyl groups is 1. The molecular weight excluding hydrogens is 765 g/mol. The maximum Gasteiger partial charge on any atom is 0.306 e. The van der Waals surface area contributed by atoms with Crippen LogP contribution in [0.5, 0.6) is 0 Å². The molecule has 0 aromatic heterocycles. The zero-order valence-corrected chi connectivity index (χ0v) is 40.1. The Morgan fingerprint density at radius 2 is 0.645 bits per heavy atom. The average molecular weight is 859 g/mol. The number of unbranched alkanes of at least 4 members (excludes halogenated alkanes) is 19. The third-order valence-corrected chi connectivity index (χ3v) is 10.6. The predicted molar refractivity (Wildman–Crippen MR) is 269 cm³/mol. The van der Waals surface area contributed by atoms with E-state index in [2.05, 4.69) is 123 Å². The van der Waals surface area contributed by atoms with E-state index < -0.39 is 6.10 Å². The maximum absolute atomic E-state index is 12.2. The van der Waals surface area contributed by atoms with E-state index in [9.17, 15) is 14.7 Å². The third-order valence-electron chi connectivity index (χ3n) is 10.6. The molecule has 0 radical (unpaired) electrons. The Balaban J connectivity index is 3.55. The van der Waals surface area contributed by atoms with Crippen LogP contribution in [0.2, 0.25) is 0 Å². The molecule has 0 aliphatic rings. The Hall–Kier alpha value is -3.44. The van der Waals surface area contributed by atoms with Crippen molar-refractivity contribution in [3.63, 3.8) is 0 Å². The average Bonchev–Trinajstić information content (AvgIpc) is 3.28. The van der Waals surface area contributed by atoms with Crippen LogP contribution in [0.3, 0.4) is 0 Å². The number of ether oxygens (including phenoxy) is 2. The van der Waals surface area contributed by atoms with E-state index in [1.807, 2.05) is 0 Å². The van der Waals surface area contributed by atoms with Crippen LogP contribution in [0.25, 0.3) is 0 Å². The standard InChI is InChI=1S/C57H94O5/c1-3-5-7-9-11-13-15-17-19-21-23-24-25-26-27-28-29-30-31-32-34-35-37-39-41-43-45-47-49-51-56(59)61-54-55(53-58)62-57(60)52-50-48-46-44-42-40-38-36-33-22-20-18-16-14-12-10-8-6-4-2/h5-8,11-14,17-20,23-24,33,36,40,42,55,58H,3-4,9-10,15-16,21-22,25-32,34-35,37-39,41,43-54H2,1-2H3/b7-5-,8-6-,13-11-,14-12-,19-17-,20-18-,24-23-,36-33-,42-40-. The van der Waals surface area contributed by atoms with E-state index in [0.717, 1.165) is 103 Å². The zero-order chi connectivity index (χ0) is 44.9. The van der Waals surface area contributed by atoms with Crippen molar-refractivity contribution < 1.29 is 24.2 Å². The number of aliphatic hydroxyl groups excluding tert-OH is 1. The molecule has 1 atom stereocenters. The number of carbonyl (C=O) groups is 2. The summed E-state index contributed by atoms with van der Waals surface area (Å²) in [6, 6.07) is 0. The quantitative estimate of drug-likeness (QED) is 0.0375. The first-order valence-corrected chi connectivity index (χ1v) is 25.4. The van der Waals surface area contributed by atoms with Gasteiger partial charge in [-0.1, -0.05) is 220 Å². The Labute approximate surface area is 382 Å². The summed E-state index contributed by atoms with van der Waals surface area (Å²) in [6.07, 6.45) is 74.7. The fourth-order valence-electron chi connectivity index (χ4n) is 6.81. The van der Waals surface area contributed by atoms with Gasteiger partial charge in [-0.2, -0.15) is 0 Å². The van der Waals surface area contributed by atoms with Crippen molar-refractivity contribution in [3.8, 4) is 0 Å². The molecule has 1 unspecified atom stereocenters. The summed E-state index contributed by atoms with van der Waals surface area (Å²) in [7, 11) is 0. The molecule has 0 spiro atoms. The third kappa shape index (κ3) is 49.2. The van der Waals surface area contributed by atoms with Crippen molar-refractivity contribution in [1.29, 1.82) is 0 Å². The van der Waals surface area contributed by atoms with Crippen molar-refractivity contribution in [2.24, 2.45) is 0 Å². The first kappa shape index (κ1) is 58.6. The predicted octanol–water partition coefficient (Wildman–Crippen LogP) is 17.0. The molecule has 0 aliphatic carbocycles. The summed E-state index contributed by atoms with van der Waals surface area (Å²) in [5.41, 5.74) is 0. The number of hydrogen-bond donors (Lipinski definition) is 1. The first-order chi connectivity index (χ1) is 30.6. The molecule has 0 saturated heterocycles. The number of carbonyl (C=O) groups excluding carboxylic acids is 2. The van der Waals surface area contributed by atoms with E-state index in [1.165, 1.54) is 89.9 Å². The molecule has 0 fully saturated rings. The minimum absolute atomic E-state index is 0.0844. The molecule has 352 valence electrons. The Morgan fingerprint density at radius 3 is 0.984 bits per heavy atom. The van der Waals surface area contributed by atoms with Gasteiger partial charge in [-0.25, -0.2) is 0 Å². The molecule has 0 rings (SSSR count). The molecule has 5 nitrogen and oxygen atoms in total. The Morgan fingerprint density at radius 1 is 0.371 bits per heavy atom. The van der Waals surface area contributed by atoms with Gasteiger partial charge in [-0.15, -0.1) is 0 Å². The fourth-order valence-corrected chi connectivity index (χ4v) is 6.81. The highest BCUT2D eigenvalue weighted by atomic mass is 16.6. The highest BCUT2D eigenvalue weighted by molar-refractivity contribution is 5.70. The topological polar surface area (TPSA) is 72.8 Å². The van der Waals surface area contributed by atoms with Crippen molar-refractivity contribution in [2.45, 2.75) is 225 Å². The van der Waals surface area contributed by atoms with Crippen LogP contribution in [0.4, 0.5) is 0 Å². The van der Waals surface area contributed by atoms with Gasteiger partial charge >= 0.3 is 11.9 Å². The molecule has 0 aliphatic heterocycles. The summed E-state index contributed by atoms with van der Waals surface area (Å²) in [5.74, 6) is -0.631. The van der Waals surface area contributed by atoms with Crippen LogP contribution in [-0.2, 0) is 19.1 Å². The SMILES string of the molecule is CC/C=C\C/C=C\C/C=C\C/C=C\C/C=C\CCCCCC(=O)OC(CO)COC(=O)CCCCCCCCCCCCCCCCCC/C=C\C/C=C\C/C=C\C/C=C\CC. The van der Waals surface area contributed by atoms with Gasteiger partial charge < -0.3 is 14.6 Å². The summed E-state index contributed by atoms with van der Waals surface area (Å²) in [5, 5.41) is 9.62. The second kappa shape index (κ2) is 51.9. The monoisotopic (exact) mass is 859 g/mol. The normalized spacial score (nSPS) is 13.1. The van der Waals surface area contributed by atoms with Gasteiger partial charge in [0.05, 0.1) is 6.61 Å². The lowest BCUT2D eigenvalue weighted by Gasteiger charge is -2.15. The number of esters is 2. The molecule has 0 heterocycles. The fraction of sp³-hybridized carbons (Fsp3) is 0.649. The first-order valence-electron chi connectivity index (χ1n) is 25.4. The lowest BCUT2D eigenvalue weighted by Crippen LogP contribution is -2.28. The molecule has 62 heavy (non-hydrogen) atoms. The molecule has 1 N–H and O–H groups in total. The van der Waals surface area contributed by atoms with Crippen LogP contribution in [0, 0.1) is 0 Å².